The van der Waals surface area contributed by atoms with Gasteiger partial charge < -0.3 is 15.2 Å². The van der Waals surface area contributed by atoms with Crippen LogP contribution in [0.4, 0.5) is 5.69 Å². The summed E-state index contributed by atoms with van der Waals surface area (Å²) in [5, 5.41) is 13.2. The average Bonchev–Trinajstić information content (AvgIpc) is 2.47. The topological polar surface area (TPSA) is 41.5 Å². The van der Waals surface area contributed by atoms with E-state index in [4.69, 9.17) is 4.74 Å². The van der Waals surface area contributed by atoms with Gasteiger partial charge in [-0.1, -0.05) is 40.2 Å². The minimum atomic E-state index is -0.463. The van der Waals surface area contributed by atoms with Gasteiger partial charge >= 0.3 is 0 Å². The lowest BCUT2D eigenvalue weighted by Gasteiger charge is -2.30. The molecule has 2 rings (SSSR count). The van der Waals surface area contributed by atoms with Crippen molar-refractivity contribution in [2.75, 3.05) is 19.0 Å². The maximum absolute atomic E-state index is 9.83. The monoisotopic (exact) mass is 349 g/mol. The van der Waals surface area contributed by atoms with Crippen molar-refractivity contribution in [3.63, 3.8) is 0 Å². The Morgan fingerprint density at radius 2 is 1.95 bits per heavy atom. The molecule has 0 aliphatic heterocycles. The molecule has 0 heterocycles. The van der Waals surface area contributed by atoms with E-state index in [1.807, 2.05) is 55.5 Å². The summed E-state index contributed by atoms with van der Waals surface area (Å²) in [5.74, 6) is 0.841. The number of hydrogen-bond donors (Lipinski definition) is 2. The minimum Gasteiger partial charge on any atom is -0.496 e. The zero-order chi connectivity index (χ0) is 15.3. The van der Waals surface area contributed by atoms with Crippen LogP contribution in [0.25, 0.3) is 0 Å². The molecule has 4 heteroatoms. The van der Waals surface area contributed by atoms with Crippen LogP contribution in [0.15, 0.2) is 53.0 Å². The highest BCUT2D eigenvalue weighted by atomic mass is 79.9. The molecule has 112 valence electrons. The van der Waals surface area contributed by atoms with Crippen LogP contribution in [0.2, 0.25) is 0 Å². The summed E-state index contributed by atoms with van der Waals surface area (Å²) in [7, 11) is 1.66. The summed E-state index contributed by atoms with van der Waals surface area (Å²) in [4.78, 5) is 0. The van der Waals surface area contributed by atoms with Crippen LogP contribution in [0, 0.1) is 0 Å². The number of benzene rings is 2. The summed E-state index contributed by atoms with van der Waals surface area (Å²) in [6.07, 6.45) is 0.667. The number of anilines is 1. The Labute approximate surface area is 134 Å². The van der Waals surface area contributed by atoms with Gasteiger partial charge in [-0.05, 0) is 36.8 Å². The number of hydrogen-bond acceptors (Lipinski definition) is 3. The molecule has 2 aromatic rings. The van der Waals surface area contributed by atoms with Gasteiger partial charge in [0, 0.05) is 16.6 Å². The molecule has 0 saturated heterocycles. The standard InChI is InChI=1S/C17H20BrNO2/c1-17(12-20,19-15-8-5-7-14(18)10-15)11-13-6-3-4-9-16(13)21-2/h3-10,19-20H,11-12H2,1-2H3. The second-order valence-electron chi connectivity index (χ2n) is 5.34. The van der Waals surface area contributed by atoms with Crippen molar-refractivity contribution in [1.82, 2.24) is 0 Å². The Kier molecular flexibility index (Phi) is 5.26. The highest BCUT2D eigenvalue weighted by Gasteiger charge is 2.25. The van der Waals surface area contributed by atoms with Crippen LogP contribution in [-0.2, 0) is 6.42 Å². The van der Waals surface area contributed by atoms with Gasteiger partial charge in [-0.25, -0.2) is 0 Å². The first kappa shape index (κ1) is 15.9. The van der Waals surface area contributed by atoms with E-state index in [0.29, 0.717) is 6.42 Å². The lowest BCUT2D eigenvalue weighted by molar-refractivity contribution is 0.221. The average molecular weight is 350 g/mol. The molecule has 0 aliphatic rings. The third-order valence-corrected chi connectivity index (χ3v) is 3.89. The molecule has 21 heavy (non-hydrogen) atoms. The predicted molar refractivity (Wildman–Crippen MR) is 90.0 cm³/mol. The molecule has 0 bridgehead atoms. The second kappa shape index (κ2) is 6.96. The van der Waals surface area contributed by atoms with Gasteiger partial charge in [0.2, 0.25) is 0 Å². The maximum Gasteiger partial charge on any atom is 0.122 e. The summed E-state index contributed by atoms with van der Waals surface area (Å²) >= 11 is 3.46. The first-order valence-electron chi connectivity index (χ1n) is 6.83. The van der Waals surface area contributed by atoms with Gasteiger partial charge in [-0.15, -0.1) is 0 Å². The predicted octanol–water partition coefficient (Wildman–Crippen LogP) is 3.86. The van der Waals surface area contributed by atoms with Crippen molar-refractivity contribution in [3.8, 4) is 5.75 Å². The smallest absolute Gasteiger partial charge is 0.122 e. The third-order valence-electron chi connectivity index (χ3n) is 3.39. The Hall–Kier alpha value is -1.52. The molecule has 0 amide bonds. The molecule has 0 fully saturated rings. The Bertz CT molecular complexity index is 603. The number of aliphatic hydroxyl groups excluding tert-OH is 1. The second-order valence-corrected chi connectivity index (χ2v) is 6.26. The zero-order valence-corrected chi connectivity index (χ0v) is 13.9. The van der Waals surface area contributed by atoms with Crippen LogP contribution < -0.4 is 10.1 Å². The van der Waals surface area contributed by atoms with E-state index in [-0.39, 0.29) is 6.61 Å². The van der Waals surface area contributed by atoms with E-state index in [2.05, 4.69) is 21.2 Å². The van der Waals surface area contributed by atoms with Crippen LogP contribution in [0.3, 0.4) is 0 Å². The van der Waals surface area contributed by atoms with Gasteiger partial charge in [0.15, 0.2) is 0 Å². The van der Waals surface area contributed by atoms with Crippen molar-refractivity contribution in [2.45, 2.75) is 18.9 Å². The van der Waals surface area contributed by atoms with Crippen molar-refractivity contribution in [3.05, 3.63) is 58.6 Å². The largest absolute Gasteiger partial charge is 0.496 e. The van der Waals surface area contributed by atoms with E-state index >= 15 is 0 Å². The number of para-hydroxylation sites is 1. The van der Waals surface area contributed by atoms with E-state index in [1.165, 1.54) is 0 Å². The fourth-order valence-corrected chi connectivity index (χ4v) is 2.72. The number of methoxy groups -OCH3 is 1. The maximum atomic E-state index is 9.83. The molecular formula is C17H20BrNO2. The SMILES string of the molecule is COc1ccccc1CC(C)(CO)Nc1cccc(Br)c1. The van der Waals surface area contributed by atoms with Crippen LogP contribution in [0.5, 0.6) is 5.75 Å². The Morgan fingerprint density at radius 1 is 1.19 bits per heavy atom. The van der Waals surface area contributed by atoms with E-state index in [9.17, 15) is 5.11 Å². The molecule has 2 aromatic carbocycles. The van der Waals surface area contributed by atoms with Gasteiger partial charge in [0.25, 0.3) is 0 Å². The molecule has 1 unspecified atom stereocenters. The number of aliphatic hydroxyl groups is 1. The Morgan fingerprint density at radius 3 is 2.62 bits per heavy atom. The fourth-order valence-electron chi connectivity index (χ4n) is 2.32. The van der Waals surface area contributed by atoms with Crippen LogP contribution in [0.1, 0.15) is 12.5 Å². The zero-order valence-electron chi connectivity index (χ0n) is 12.3. The molecule has 0 aromatic heterocycles. The number of nitrogens with one attached hydrogen (secondary N) is 1. The molecule has 3 nitrogen and oxygen atoms in total. The fraction of sp³-hybridized carbons (Fsp3) is 0.294. The normalized spacial score (nSPS) is 13.5. The van der Waals surface area contributed by atoms with Crippen molar-refractivity contribution < 1.29 is 9.84 Å². The highest BCUT2D eigenvalue weighted by Crippen LogP contribution is 2.26. The van der Waals surface area contributed by atoms with E-state index < -0.39 is 5.54 Å². The highest BCUT2D eigenvalue weighted by molar-refractivity contribution is 9.10. The summed E-state index contributed by atoms with van der Waals surface area (Å²) in [6, 6.07) is 15.8. The first-order valence-corrected chi connectivity index (χ1v) is 7.62. The Balaban J connectivity index is 2.21. The number of rotatable bonds is 6. The molecule has 2 N–H and O–H groups in total. The van der Waals surface area contributed by atoms with Crippen molar-refractivity contribution in [1.29, 1.82) is 0 Å². The molecule has 0 radical (unpaired) electrons. The molecular weight excluding hydrogens is 330 g/mol. The van der Waals surface area contributed by atoms with Crippen LogP contribution in [-0.4, -0.2) is 24.4 Å². The van der Waals surface area contributed by atoms with Crippen LogP contribution >= 0.6 is 15.9 Å². The summed E-state index contributed by atoms with van der Waals surface area (Å²) in [5.41, 5.74) is 1.57. The molecule has 0 aliphatic carbocycles. The third kappa shape index (κ3) is 4.22. The first-order chi connectivity index (χ1) is 10.1. The van der Waals surface area contributed by atoms with E-state index in [0.717, 1.165) is 21.5 Å². The molecule has 0 spiro atoms. The molecule has 1 atom stereocenters. The van der Waals surface area contributed by atoms with Gasteiger partial charge in [-0.2, -0.15) is 0 Å². The number of halogens is 1. The van der Waals surface area contributed by atoms with Crippen molar-refractivity contribution >= 4 is 21.6 Å². The quantitative estimate of drug-likeness (QED) is 0.831. The van der Waals surface area contributed by atoms with Gasteiger partial charge in [0.05, 0.1) is 19.3 Å². The lowest BCUT2D eigenvalue weighted by Crippen LogP contribution is -2.41. The number of ether oxygens (including phenoxy) is 1. The van der Waals surface area contributed by atoms with Crippen molar-refractivity contribution in [2.24, 2.45) is 0 Å². The van der Waals surface area contributed by atoms with E-state index in [1.54, 1.807) is 7.11 Å². The van der Waals surface area contributed by atoms with Gasteiger partial charge in [0.1, 0.15) is 5.75 Å². The lowest BCUT2D eigenvalue weighted by atomic mass is 9.92. The minimum absolute atomic E-state index is 0.0254. The summed E-state index contributed by atoms with van der Waals surface area (Å²) in [6.45, 7) is 2.03. The molecule has 0 saturated carbocycles. The van der Waals surface area contributed by atoms with Gasteiger partial charge in [-0.3, -0.25) is 0 Å². The summed E-state index contributed by atoms with van der Waals surface area (Å²) < 4.78 is 6.39.